The number of fused-ring (bicyclic) bond motifs is 1. The fraction of sp³-hybridized carbons (Fsp3) is 0.0870. The Balaban J connectivity index is 1.70. The molecule has 4 aromatic rings. The first-order chi connectivity index (χ1) is 13.2. The Morgan fingerprint density at radius 3 is 2.63 bits per heavy atom. The van der Waals surface area contributed by atoms with Gasteiger partial charge in [-0.25, -0.2) is 9.97 Å². The Bertz CT molecular complexity index is 1110. The normalized spacial score (nSPS) is 10.7. The number of benzene rings is 2. The van der Waals surface area contributed by atoms with Gasteiger partial charge in [-0.2, -0.15) is 0 Å². The number of nitrogens with zero attached hydrogens (tertiary/aromatic N) is 2. The molecule has 2 aromatic heterocycles. The number of amides is 1. The molecule has 0 saturated heterocycles. The van der Waals surface area contributed by atoms with Crippen LogP contribution in [0.1, 0.15) is 21.5 Å². The van der Waals surface area contributed by atoms with E-state index in [9.17, 15) is 4.79 Å². The molecule has 1 N–H and O–H groups in total. The number of pyridine rings is 2. The van der Waals surface area contributed by atoms with Crippen molar-refractivity contribution in [3.8, 4) is 11.3 Å². The van der Waals surface area contributed by atoms with Gasteiger partial charge in [-0.3, -0.25) is 4.79 Å². The zero-order chi connectivity index (χ0) is 18.6. The summed E-state index contributed by atoms with van der Waals surface area (Å²) in [5.74, 6) is -0.130. The zero-order valence-electron chi connectivity index (χ0n) is 15.0. The third-order valence-corrected chi connectivity index (χ3v) is 4.43. The van der Waals surface area contributed by atoms with Gasteiger partial charge in [-0.1, -0.05) is 60.2 Å². The molecule has 0 unspecified atom stereocenters. The van der Waals surface area contributed by atoms with Crippen molar-refractivity contribution in [3.63, 3.8) is 0 Å². The average molecular weight is 353 g/mol. The van der Waals surface area contributed by atoms with Crippen LogP contribution in [-0.2, 0) is 6.54 Å². The van der Waals surface area contributed by atoms with E-state index < -0.39 is 0 Å². The van der Waals surface area contributed by atoms with Crippen LogP contribution in [-0.4, -0.2) is 15.9 Å². The number of aromatic nitrogens is 2. The van der Waals surface area contributed by atoms with E-state index in [4.69, 9.17) is 0 Å². The lowest BCUT2D eigenvalue weighted by Gasteiger charge is -2.10. The highest BCUT2D eigenvalue weighted by molar-refractivity contribution is 6.06. The number of nitrogens with one attached hydrogen (secondary N) is 1. The molecular weight excluding hydrogens is 334 g/mol. The highest BCUT2D eigenvalue weighted by Gasteiger charge is 2.14. The molecule has 0 spiro atoms. The van der Waals surface area contributed by atoms with Crippen molar-refractivity contribution in [3.05, 3.63) is 95.7 Å². The van der Waals surface area contributed by atoms with E-state index in [2.05, 4.69) is 21.4 Å². The summed E-state index contributed by atoms with van der Waals surface area (Å²) in [5, 5.41) is 3.77. The maximum absolute atomic E-state index is 12.9. The zero-order valence-corrected chi connectivity index (χ0v) is 15.0. The minimum atomic E-state index is -0.130. The Labute approximate surface area is 157 Å². The van der Waals surface area contributed by atoms with Crippen LogP contribution in [0.2, 0.25) is 0 Å². The van der Waals surface area contributed by atoms with Crippen molar-refractivity contribution in [1.29, 1.82) is 0 Å². The van der Waals surface area contributed by atoms with Gasteiger partial charge in [0, 0.05) is 23.7 Å². The fourth-order valence-corrected chi connectivity index (χ4v) is 3.10. The van der Waals surface area contributed by atoms with Crippen LogP contribution in [0, 0.1) is 6.92 Å². The molecule has 0 aliphatic carbocycles. The summed E-state index contributed by atoms with van der Waals surface area (Å²) in [6, 6.07) is 23.5. The standard InChI is InChI=1S/C23H19N3O/c1-16-7-5-8-17(13-16)15-25-23(27)20-14-21(18-9-3-2-4-10-18)26-22-19(20)11-6-12-24-22/h2-14H,15H2,1H3,(H,25,27). The second-order valence-electron chi connectivity index (χ2n) is 6.47. The minimum Gasteiger partial charge on any atom is -0.348 e. The van der Waals surface area contributed by atoms with Gasteiger partial charge in [-0.05, 0) is 30.7 Å². The van der Waals surface area contributed by atoms with Crippen molar-refractivity contribution in [1.82, 2.24) is 15.3 Å². The molecule has 1 amide bonds. The molecule has 0 saturated carbocycles. The van der Waals surface area contributed by atoms with Gasteiger partial charge >= 0.3 is 0 Å². The van der Waals surface area contributed by atoms with Crippen molar-refractivity contribution < 1.29 is 4.79 Å². The molecule has 2 heterocycles. The van der Waals surface area contributed by atoms with Crippen molar-refractivity contribution >= 4 is 16.9 Å². The van der Waals surface area contributed by atoms with Crippen LogP contribution < -0.4 is 5.32 Å². The number of rotatable bonds is 4. The van der Waals surface area contributed by atoms with E-state index in [0.29, 0.717) is 17.8 Å². The van der Waals surface area contributed by atoms with E-state index in [-0.39, 0.29) is 5.91 Å². The summed E-state index contributed by atoms with van der Waals surface area (Å²) < 4.78 is 0. The second-order valence-corrected chi connectivity index (χ2v) is 6.47. The van der Waals surface area contributed by atoms with Crippen LogP contribution in [0.25, 0.3) is 22.3 Å². The third-order valence-electron chi connectivity index (χ3n) is 4.43. The largest absolute Gasteiger partial charge is 0.348 e. The number of carbonyl (C=O) groups is 1. The number of carbonyl (C=O) groups excluding carboxylic acids is 1. The highest BCUT2D eigenvalue weighted by atomic mass is 16.1. The van der Waals surface area contributed by atoms with Gasteiger partial charge in [0.05, 0.1) is 11.3 Å². The number of hydrogen-bond acceptors (Lipinski definition) is 3. The van der Waals surface area contributed by atoms with Gasteiger partial charge in [0.15, 0.2) is 5.65 Å². The predicted molar refractivity (Wildman–Crippen MR) is 107 cm³/mol. The molecule has 0 fully saturated rings. The maximum Gasteiger partial charge on any atom is 0.252 e. The Hall–Kier alpha value is -3.53. The highest BCUT2D eigenvalue weighted by Crippen LogP contribution is 2.23. The summed E-state index contributed by atoms with van der Waals surface area (Å²) in [5.41, 5.74) is 5.09. The van der Waals surface area contributed by atoms with Crippen molar-refractivity contribution in [2.75, 3.05) is 0 Å². The Morgan fingerprint density at radius 1 is 0.963 bits per heavy atom. The molecule has 0 aliphatic rings. The van der Waals surface area contributed by atoms with E-state index in [0.717, 1.165) is 22.2 Å². The van der Waals surface area contributed by atoms with Crippen molar-refractivity contribution in [2.24, 2.45) is 0 Å². The van der Waals surface area contributed by atoms with Gasteiger partial charge < -0.3 is 5.32 Å². The Morgan fingerprint density at radius 2 is 1.81 bits per heavy atom. The molecular formula is C23H19N3O. The van der Waals surface area contributed by atoms with Gasteiger partial charge in [-0.15, -0.1) is 0 Å². The molecule has 132 valence electrons. The summed E-state index contributed by atoms with van der Waals surface area (Å²) in [6.45, 7) is 2.52. The lowest BCUT2D eigenvalue weighted by Crippen LogP contribution is -2.23. The molecule has 4 heteroatoms. The lowest BCUT2D eigenvalue weighted by molar-refractivity contribution is 0.0952. The minimum absolute atomic E-state index is 0.130. The van der Waals surface area contributed by atoms with Crippen LogP contribution >= 0.6 is 0 Å². The van der Waals surface area contributed by atoms with Crippen LogP contribution in [0.5, 0.6) is 0 Å². The Kier molecular flexibility index (Phi) is 4.62. The average Bonchev–Trinajstić information content (AvgIpc) is 2.72. The van der Waals surface area contributed by atoms with Crippen molar-refractivity contribution in [2.45, 2.75) is 13.5 Å². The van der Waals surface area contributed by atoms with E-state index >= 15 is 0 Å². The van der Waals surface area contributed by atoms with E-state index in [1.165, 1.54) is 5.56 Å². The SMILES string of the molecule is Cc1cccc(CNC(=O)c2cc(-c3ccccc3)nc3ncccc23)c1. The van der Waals surface area contributed by atoms with Gasteiger partial charge in [0.1, 0.15) is 0 Å². The first kappa shape index (κ1) is 16.9. The summed E-state index contributed by atoms with van der Waals surface area (Å²) in [7, 11) is 0. The third kappa shape index (κ3) is 3.70. The quantitative estimate of drug-likeness (QED) is 0.586. The maximum atomic E-state index is 12.9. The fourth-order valence-electron chi connectivity index (χ4n) is 3.10. The topological polar surface area (TPSA) is 54.9 Å². The first-order valence-electron chi connectivity index (χ1n) is 8.85. The van der Waals surface area contributed by atoms with E-state index in [1.54, 1.807) is 6.20 Å². The molecule has 2 aromatic carbocycles. The monoisotopic (exact) mass is 353 g/mol. The second kappa shape index (κ2) is 7.38. The number of hydrogen-bond donors (Lipinski definition) is 1. The van der Waals surface area contributed by atoms with Crippen LogP contribution in [0.3, 0.4) is 0 Å². The van der Waals surface area contributed by atoms with Gasteiger partial charge in [0.25, 0.3) is 5.91 Å². The first-order valence-corrected chi connectivity index (χ1v) is 8.85. The van der Waals surface area contributed by atoms with Gasteiger partial charge in [0.2, 0.25) is 0 Å². The molecule has 4 nitrogen and oxygen atoms in total. The summed E-state index contributed by atoms with van der Waals surface area (Å²) in [6.07, 6.45) is 1.69. The molecule has 0 atom stereocenters. The predicted octanol–water partition coefficient (Wildman–Crippen LogP) is 4.54. The molecule has 27 heavy (non-hydrogen) atoms. The van der Waals surface area contributed by atoms with E-state index in [1.807, 2.05) is 73.7 Å². The smallest absolute Gasteiger partial charge is 0.252 e. The molecule has 0 bridgehead atoms. The summed E-state index contributed by atoms with van der Waals surface area (Å²) in [4.78, 5) is 21.9. The number of aryl methyl sites for hydroxylation is 1. The van der Waals surface area contributed by atoms with Crippen LogP contribution in [0.4, 0.5) is 0 Å². The van der Waals surface area contributed by atoms with Crippen LogP contribution in [0.15, 0.2) is 79.0 Å². The molecule has 4 rings (SSSR count). The molecule has 0 aliphatic heterocycles. The molecule has 0 radical (unpaired) electrons. The lowest BCUT2D eigenvalue weighted by atomic mass is 10.1. The summed E-state index contributed by atoms with van der Waals surface area (Å²) >= 11 is 0.